The molecule has 0 spiro atoms. The highest BCUT2D eigenvalue weighted by atomic mass is 16.4. The molecule has 12 nitrogen and oxygen atoms in total. The summed E-state index contributed by atoms with van der Waals surface area (Å²) in [5.74, 6) is 2.69. The number of benzene rings is 10. The molecule has 4 heterocycles. The molecule has 0 radical (unpaired) electrons. The standard InChI is InChI=1S/C60H34N8O4/c1-5-21-45-35(13-1)17-9-25-49(45)57-65-61-53(69-57)41-29-39(30-42(33-41)54-62-66-58(70-54)50-26-10-18-36-14-2-6-22-46(36)50)40-31-43(55-63-67-59(71-55)51-27-11-19-37-15-3-7-23-47(37)51)34-44(32-40)56-64-68-60(72-56)52-28-12-20-38-16-4-8-24-48(38)52/h1-34H. The fourth-order valence-electron chi connectivity index (χ4n) is 9.52. The highest BCUT2D eigenvalue weighted by molar-refractivity contribution is 5.98. The Morgan fingerprint density at radius 1 is 0.194 bits per heavy atom. The third-order valence-electron chi connectivity index (χ3n) is 13.0. The SMILES string of the molecule is c1ccc2c(-c3nnc(-c4cc(-c5cc(-c6nnc(-c7cccc8ccccc78)o6)cc(-c6nnc(-c7cccc8ccccc78)o6)c5)cc(-c5nnc(-c6cccc7ccccc67)o5)c4)o3)cccc2c1. The maximum absolute atomic E-state index is 6.55. The number of rotatable bonds is 9. The summed E-state index contributed by atoms with van der Waals surface area (Å²) < 4.78 is 26.2. The average molecular weight is 931 g/mol. The molecule has 0 saturated carbocycles. The second-order valence-electron chi connectivity index (χ2n) is 17.4. The Balaban J connectivity index is 0.944. The van der Waals surface area contributed by atoms with E-state index in [1.54, 1.807) is 0 Å². The van der Waals surface area contributed by atoms with Crippen molar-refractivity contribution >= 4 is 43.1 Å². The van der Waals surface area contributed by atoms with Gasteiger partial charge in [0.2, 0.25) is 47.1 Å². The zero-order valence-corrected chi connectivity index (χ0v) is 37.8. The van der Waals surface area contributed by atoms with E-state index in [1.807, 2.05) is 158 Å². The second-order valence-corrected chi connectivity index (χ2v) is 17.4. The first-order chi connectivity index (χ1) is 35.6. The van der Waals surface area contributed by atoms with Gasteiger partial charge in [-0.15, -0.1) is 40.8 Å². The molecule has 0 unspecified atom stereocenters. The van der Waals surface area contributed by atoms with Crippen LogP contribution in [0.2, 0.25) is 0 Å². The van der Waals surface area contributed by atoms with Gasteiger partial charge in [-0.1, -0.05) is 146 Å². The Morgan fingerprint density at radius 3 is 0.667 bits per heavy atom. The van der Waals surface area contributed by atoms with Crippen LogP contribution in [0.1, 0.15) is 0 Å². The summed E-state index contributed by atoms with van der Waals surface area (Å²) in [5.41, 5.74) is 7.23. The molecule has 10 aromatic carbocycles. The van der Waals surface area contributed by atoms with E-state index in [0.29, 0.717) is 69.4 Å². The van der Waals surface area contributed by atoms with E-state index < -0.39 is 0 Å². The van der Waals surface area contributed by atoms with Crippen molar-refractivity contribution in [1.82, 2.24) is 40.8 Å². The second kappa shape index (κ2) is 16.8. The maximum Gasteiger partial charge on any atom is 0.248 e. The molecular weight excluding hydrogens is 897 g/mol. The van der Waals surface area contributed by atoms with Gasteiger partial charge in [0.1, 0.15) is 0 Å². The van der Waals surface area contributed by atoms with Gasteiger partial charge in [0.25, 0.3) is 0 Å². The third kappa shape index (κ3) is 7.17. The molecule has 0 aliphatic rings. The number of hydrogen-bond donors (Lipinski definition) is 0. The Bertz CT molecular complexity index is 3820. The van der Waals surface area contributed by atoms with Crippen molar-refractivity contribution in [3.8, 4) is 103 Å². The fourth-order valence-corrected chi connectivity index (χ4v) is 9.52. The average Bonchev–Trinajstić information content (AvgIpc) is 4.31. The normalized spacial score (nSPS) is 11.6. The van der Waals surface area contributed by atoms with Crippen molar-refractivity contribution in [2.45, 2.75) is 0 Å². The molecule has 0 bridgehead atoms. The molecule has 0 fully saturated rings. The summed E-state index contributed by atoms with van der Waals surface area (Å²) in [6.07, 6.45) is 0. The smallest absolute Gasteiger partial charge is 0.248 e. The zero-order chi connectivity index (χ0) is 47.5. The first kappa shape index (κ1) is 40.8. The topological polar surface area (TPSA) is 156 Å². The molecule has 338 valence electrons. The molecule has 0 atom stereocenters. The van der Waals surface area contributed by atoms with Crippen LogP contribution in [-0.2, 0) is 0 Å². The summed E-state index contributed by atoms with van der Waals surface area (Å²) in [5, 5.41) is 44.9. The lowest BCUT2D eigenvalue weighted by Gasteiger charge is -2.10. The Morgan fingerprint density at radius 2 is 0.403 bits per heavy atom. The highest BCUT2D eigenvalue weighted by Gasteiger charge is 2.22. The lowest BCUT2D eigenvalue weighted by Crippen LogP contribution is -1.90. The molecule has 0 N–H and O–H groups in total. The van der Waals surface area contributed by atoms with Gasteiger partial charge in [-0.25, -0.2) is 0 Å². The van der Waals surface area contributed by atoms with Gasteiger partial charge in [-0.05, 0) is 115 Å². The first-order valence-corrected chi connectivity index (χ1v) is 23.2. The van der Waals surface area contributed by atoms with Crippen LogP contribution in [0.3, 0.4) is 0 Å². The molecule has 4 aromatic heterocycles. The molecule has 14 aromatic rings. The van der Waals surface area contributed by atoms with E-state index in [4.69, 9.17) is 17.7 Å². The van der Waals surface area contributed by atoms with E-state index in [0.717, 1.165) is 76.5 Å². The summed E-state index contributed by atoms with van der Waals surface area (Å²) in [6.45, 7) is 0. The van der Waals surface area contributed by atoms with Crippen molar-refractivity contribution in [3.63, 3.8) is 0 Å². The first-order valence-electron chi connectivity index (χ1n) is 23.2. The van der Waals surface area contributed by atoms with Crippen LogP contribution < -0.4 is 0 Å². The van der Waals surface area contributed by atoms with Crippen molar-refractivity contribution in [2.24, 2.45) is 0 Å². The van der Waals surface area contributed by atoms with Gasteiger partial charge in [0, 0.05) is 44.5 Å². The molecular formula is C60H34N8O4. The van der Waals surface area contributed by atoms with Gasteiger partial charge >= 0.3 is 0 Å². The molecule has 0 saturated heterocycles. The number of hydrogen-bond acceptors (Lipinski definition) is 12. The monoisotopic (exact) mass is 930 g/mol. The van der Waals surface area contributed by atoms with Crippen LogP contribution in [0.4, 0.5) is 0 Å². The van der Waals surface area contributed by atoms with Crippen LogP contribution in [0.25, 0.3) is 146 Å². The largest absolute Gasteiger partial charge is 0.416 e. The van der Waals surface area contributed by atoms with Crippen LogP contribution >= 0.6 is 0 Å². The molecule has 72 heavy (non-hydrogen) atoms. The van der Waals surface area contributed by atoms with Crippen molar-refractivity contribution in [2.75, 3.05) is 0 Å². The van der Waals surface area contributed by atoms with Gasteiger partial charge in [-0.2, -0.15) is 0 Å². The van der Waals surface area contributed by atoms with Crippen molar-refractivity contribution < 1.29 is 17.7 Å². The predicted octanol–water partition coefficient (Wildman–Crippen LogP) is 14.8. The maximum atomic E-state index is 6.55. The van der Waals surface area contributed by atoms with Crippen LogP contribution in [0.5, 0.6) is 0 Å². The van der Waals surface area contributed by atoms with Gasteiger partial charge < -0.3 is 17.7 Å². The lowest BCUT2D eigenvalue weighted by molar-refractivity contribution is 0.582. The third-order valence-corrected chi connectivity index (χ3v) is 13.0. The number of aromatic nitrogens is 8. The predicted molar refractivity (Wildman–Crippen MR) is 277 cm³/mol. The van der Waals surface area contributed by atoms with E-state index in [2.05, 4.69) is 89.3 Å². The molecule has 0 aliphatic heterocycles. The summed E-state index contributed by atoms with van der Waals surface area (Å²) in [7, 11) is 0. The van der Waals surface area contributed by atoms with Crippen LogP contribution in [0.15, 0.2) is 224 Å². The van der Waals surface area contributed by atoms with Gasteiger partial charge in [0.05, 0.1) is 0 Å². The minimum absolute atomic E-state index is 0.291. The zero-order valence-electron chi connectivity index (χ0n) is 37.8. The minimum Gasteiger partial charge on any atom is -0.416 e. The van der Waals surface area contributed by atoms with Crippen molar-refractivity contribution in [3.05, 3.63) is 206 Å². The summed E-state index contributed by atoms with van der Waals surface area (Å²) in [6, 6.07) is 68.3. The Kier molecular flexibility index (Phi) is 9.52. The van der Waals surface area contributed by atoms with E-state index in [1.165, 1.54) is 0 Å². The number of fused-ring (bicyclic) bond motifs is 4. The van der Waals surface area contributed by atoms with Crippen LogP contribution in [0, 0.1) is 0 Å². The van der Waals surface area contributed by atoms with Crippen molar-refractivity contribution in [1.29, 1.82) is 0 Å². The summed E-state index contributed by atoms with van der Waals surface area (Å²) in [4.78, 5) is 0. The van der Waals surface area contributed by atoms with Crippen LogP contribution in [-0.4, -0.2) is 40.8 Å². The molecule has 14 rings (SSSR count). The lowest BCUT2D eigenvalue weighted by atomic mass is 9.96. The van der Waals surface area contributed by atoms with E-state index in [9.17, 15) is 0 Å². The molecule has 0 amide bonds. The van der Waals surface area contributed by atoms with Gasteiger partial charge in [0.15, 0.2) is 0 Å². The minimum atomic E-state index is 0.291. The summed E-state index contributed by atoms with van der Waals surface area (Å²) >= 11 is 0. The molecule has 12 heteroatoms. The fraction of sp³-hybridized carbons (Fsp3) is 0. The highest BCUT2D eigenvalue weighted by Crippen LogP contribution is 2.40. The van der Waals surface area contributed by atoms with E-state index >= 15 is 0 Å². The number of nitrogens with zero attached hydrogens (tertiary/aromatic N) is 8. The quantitative estimate of drug-likeness (QED) is 0.135. The Labute approximate surface area is 408 Å². The Hall–Kier alpha value is -10.2. The van der Waals surface area contributed by atoms with Gasteiger partial charge in [-0.3, -0.25) is 0 Å². The molecule has 0 aliphatic carbocycles. The van der Waals surface area contributed by atoms with E-state index in [-0.39, 0.29) is 0 Å².